The summed E-state index contributed by atoms with van der Waals surface area (Å²) in [5.41, 5.74) is 9.32. The first kappa shape index (κ1) is 27.2. The van der Waals surface area contributed by atoms with Crippen molar-refractivity contribution in [2.75, 3.05) is 4.90 Å². The van der Waals surface area contributed by atoms with E-state index in [0.717, 1.165) is 27.2 Å². The summed E-state index contributed by atoms with van der Waals surface area (Å²) in [4.78, 5) is 2.36. The monoisotopic (exact) mass is 670 g/mol. The van der Waals surface area contributed by atoms with Crippen LogP contribution in [0.2, 0.25) is 0 Å². The molecule has 0 spiro atoms. The molecule has 2 aromatic heterocycles. The molecule has 0 saturated carbocycles. The summed E-state index contributed by atoms with van der Waals surface area (Å²) in [6, 6.07) is 59.1. The van der Waals surface area contributed by atoms with E-state index in [2.05, 4.69) is 189 Å². The van der Waals surface area contributed by atoms with E-state index in [1.165, 1.54) is 53.1 Å². The fourth-order valence-electron chi connectivity index (χ4n) is 6.80. The maximum absolute atomic E-state index is 3.63. The third kappa shape index (κ3) is 4.45. The van der Waals surface area contributed by atoms with E-state index in [9.17, 15) is 0 Å². The van der Waals surface area contributed by atoms with E-state index in [4.69, 9.17) is 0 Å². The second-order valence-electron chi connectivity index (χ2n) is 11.5. The lowest BCUT2D eigenvalue weighted by Gasteiger charge is -2.26. The topological polar surface area (TPSA) is 8.17 Å². The van der Waals surface area contributed by atoms with Crippen LogP contribution in [0.3, 0.4) is 0 Å². The van der Waals surface area contributed by atoms with Crippen molar-refractivity contribution >= 4 is 86.3 Å². The second kappa shape index (κ2) is 11.0. The average Bonchev–Trinajstić information content (AvgIpc) is 3.65. The fourth-order valence-corrected chi connectivity index (χ4v) is 8.32. The van der Waals surface area contributed by atoms with Gasteiger partial charge in [0, 0.05) is 58.2 Å². The summed E-state index contributed by atoms with van der Waals surface area (Å²) in [7, 11) is 0. The Kier molecular flexibility index (Phi) is 6.51. The van der Waals surface area contributed by atoms with E-state index in [-0.39, 0.29) is 0 Å². The van der Waals surface area contributed by atoms with Crippen LogP contribution in [0.5, 0.6) is 0 Å². The number of anilines is 3. The largest absolute Gasteiger partial charge is 0.310 e. The van der Waals surface area contributed by atoms with Crippen molar-refractivity contribution in [3.63, 3.8) is 0 Å². The molecule has 2 nitrogen and oxygen atoms in total. The Labute approximate surface area is 279 Å². The molecule has 0 unspecified atom stereocenters. The molecule has 0 N–H and O–H groups in total. The molecule has 0 saturated heterocycles. The van der Waals surface area contributed by atoms with Crippen LogP contribution in [-0.2, 0) is 0 Å². The summed E-state index contributed by atoms with van der Waals surface area (Å²) in [5.74, 6) is 0. The third-order valence-corrected chi connectivity index (χ3v) is 10.5. The van der Waals surface area contributed by atoms with Crippen LogP contribution >= 0.6 is 27.3 Å². The second-order valence-corrected chi connectivity index (χ2v) is 13.5. The minimum Gasteiger partial charge on any atom is -0.310 e. The lowest BCUT2D eigenvalue weighted by atomic mass is 10.0. The number of benzene rings is 7. The zero-order valence-electron chi connectivity index (χ0n) is 24.8. The average molecular weight is 672 g/mol. The number of nitrogens with zero attached hydrogens (tertiary/aromatic N) is 2. The van der Waals surface area contributed by atoms with Gasteiger partial charge in [0.25, 0.3) is 0 Å². The van der Waals surface area contributed by atoms with Gasteiger partial charge in [0.1, 0.15) is 0 Å². The van der Waals surface area contributed by atoms with E-state index in [0.29, 0.717) is 0 Å². The van der Waals surface area contributed by atoms with Crippen molar-refractivity contribution in [3.8, 4) is 16.8 Å². The number of hydrogen-bond donors (Lipinski definition) is 0. The van der Waals surface area contributed by atoms with Crippen LogP contribution in [0.1, 0.15) is 0 Å². The smallest absolute Gasteiger partial charge is 0.0548 e. The Bertz CT molecular complexity index is 2530. The van der Waals surface area contributed by atoms with Crippen LogP contribution in [0.15, 0.2) is 168 Å². The zero-order chi connectivity index (χ0) is 30.6. The quantitative estimate of drug-likeness (QED) is 0.177. The highest BCUT2D eigenvalue weighted by Gasteiger charge is 2.20. The first-order valence-electron chi connectivity index (χ1n) is 15.4. The fraction of sp³-hybridized carbons (Fsp3) is 0. The van der Waals surface area contributed by atoms with Crippen molar-refractivity contribution < 1.29 is 0 Å². The van der Waals surface area contributed by atoms with Gasteiger partial charge in [0.2, 0.25) is 0 Å². The van der Waals surface area contributed by atoms with Gasteiger partial charge in [-0.05, 0) is 96.1 Å². The molecule has 0 radical (unpaired) electrons. The molecule has 0 aliphatic heterocycles. The van der Waals surface area contributed by atoms with Gasteiger partial charge in [0.15, 0.2) is 0 Å². The standard InChI is InChI=1S/C42H27BrN2S/c43-30-11-9-10-29(26-30)28-18-20-33(21-19-28)44(31-12-3-1-4-13-31)34-22-23-37-36(27-34)41-38(45(37)32-14-5-2-6-15-32)24-25-40-42(41)35-16-7-8-17-39(35)46-40/h1-27H. The minimum absolute atomic E-state index is 1.08. The first-order valence-corrected chi connectivity index (χ1v) is 17.0. The molecular weight excluding hydrogens is 644 g/mol. The molecule has 4 heteroatoms. The molecule has 0 aliphatic carbocycles. The van der Waals surface area contributed by atoms with E-state index >= 15 is 0 Å². The summed E-state index contributed by atoms with van der Waals surface area (Å²) < 4.78 is 6.13. The molecule has 46 heavy (non-hydrogen) atoms. The van der Waals surface area contributed by atoms with Gasteiger partial charge in [-0.25, -0.2) is 0 Å². The van der Waals surface area contributed by atoms with Gasteiger partial charge >= 0.3 is 0 Å². The number of thiophene rings is 1. The summed E-state index contributed by atoms with van der Waals surface area (Å²) in [6.07, 6.45) is 0. The van der Waals surface area contributed by atoms with Crippen molar-refractivity contribution in [1.82, 2.24) is 4.57 Å². The molecule has 218 valence electrons. The minimum atomic E-state index is 1.08. The van der Waals surface area contributed by atoms with Gasteiger partial charge in [-0.15, -0.1) is 11.3 Å². The van der Waals surface area contributed by atoms with Crippen LogP contribution < -0.4 is 4.90 Å². The van der Waals surface area contributed by atoms with Gasteiger partial charge in [-0.1, -0.05) is 94.8 Å². The normalized spacial score (nSPS) is 11.6. The van der Waals surface area contributed by atoms with Gasteiger partial charge < -0.3 is 9.47 Å². The first-order chi connectivity index (χ1) is 22.7. The molecule has 7 aromatic carbocycles. The Balaban J connectivity index is 1.31. The lowest BCUT2D eigenvalue weighted by molar-refractivity contribution is 1.18. The molecule has 2 heterocycles. The molecule has 0 aliphatic rings. The van der Waals surface area contributed by atoms with E-state index < -0.39 is 0 Å². The summed E-state index contributed by atoms with van der Waals surface area (Å²) in [5, 5.41) is 5.19. The lowest BCUT2D eigenvalue weighted by Crippen LogP contribution is -2.09. The van der Waals surface area contributed by atoms with Gasteiger partial charge in [0.05, 0.1) is 11.0 Å². The Hall–Kier alpha value is -5.16. The van der Waals surface area contributed by atoms with Crippen molar-refractivity contribution in [2.45, 2.75) is 0 Å². The van der Waals surface area contributed by atoms with Crippen molar-refractivity contribution in [1.29, 1.82) is 0 Å². The number of hydrogen-bond acceptors (Lipinski definition) is 2. The SMILES string of the molecule is Brc1cccc(-c2ccc(N(c3ccccc3)c3ccc4c(c3)c3c5c(ccc3n4-c3ccccc3)sc3ccccc35)cc2)c1. The Morgan fingerprint density at radius 3 is 1.96 bits per heavy atom. The van der Waals surface area contributed by atoms with Crippen molar-refractivity contribution in [2.24, 2.45) is 0 Å². The van der Waals surface area contributed by atoms with E-state index in [1.807, 2.05) is 11.3 Å². The van der Waals surface area contributed by atoms with Gasteiger partial charge in [-0.3, -0.25) is 0 Å². The van der Waals surface area contributed by atoms with Crippen molar-refractivity contribution in [3.05, 3.63) is 168 Å². The molecule has 0 fully saturated rings. The summed E-state index contributed by atoms with van der Waals surface area (Å²) in [6.45, 7) is 0. The third-order valence-electron chi connectivity index (χ3n) is 8.82. The highest BCUT2D eigenvalue weighted by atomic mass is 79.9. The van der Waals surface area contributed by atoms with Crippen LogP contribution in [0.4, 0.5) is 17.1 Å². The Morgan fingerprint density at radius 2 is 1.15 bits per heavy atom. The number of rotatable bonds is 5. The number of para-hydroxylation sites is 2. The summed E-state index contributed by atoms with van der Waals surface area (Å²) >= 11 is 5.50. The Morgan fingerprint density at radius 1 is 0.457 bits per heavy atom. The maximum Gasteiger partial charge on any atom is 0.0548 e. The number of fused-ring (bicyclic) bond motifs is 7. The zero-order valence-corrected chi connectivity index (χ0v) is 27.2. The molecule has 0 atom stereocenters. The van der Waals surface area contributed by atoms with Crippen LogP contribution in [0, 0.1) is 0 Å². The molecular formula is C42H27BrN2S. The molecule has 0 amide bonds. The van der Waals surface area contributed by atoms with Crippen LogP contribution in [-0.4, -0.2) is 4.57 Å². The van der Waals surface area contributed by atoms with E-state index in [1.54, 1.807) is 0 Å². The maximum atomic E-state index is 3.63. The predicted molar refractivity (Wildman–Crippen MR) is 201 cm³/mol. The molecule has 9 aromatic rings. The number of aromatic nitrogens is 1. The highest BCUT2D eigenvalue weighted by Crippen LogP contribution is 2.45. The molecule has 0 bridgehead atoms. The predicted octanol–water partition coefficient (Wildman–Crippen LogP) is 13.1. The molecule has 9 rings (SSSR count). The highest BCUT2D eigenvalue weighted by molar-refractivity contribution is 9.10. The number of halogens is 1. The van der Waals surface area contributed by atoms with Gasteiger partial charge in [-0.2, -0.15) is 0 Å². The van der Waals surface area contributed by atoms with Crippen LogP contribution in [0.25, 0.3) is 58.8 Å².